The van der Waals surface area contributed by atoms with E-state index in [0.29, 0.717) is 18.5 Å². The van der Waals surface area contributed by atoms with E-state index in [0.717, 1.165) is 5.56 Å². The zero-order chi connectivity index (χ0) is 13.5. The molecule has 0 aromatic heterocycles. The van der Waals surface area contributed by atoms with Crippen LogP contribution in [0.1, 0.15) is 18.9 Å². The number of ether oxygens (including phenoxy) is 1. The smallest absolute Gasteiger partial charge is 0.328 e. The zero-order valence-electron chi connectivity index (χ0n) is 10.6. The second-order valence-electron chi connectivity index (χ2n) is 4.05. The van der Waals surface area contributed by atoms with E-state index in [1.807, 2.05) is 12.1 Å². The lowest BCUT2D eigenvalue weighted by molar-refractivity contribution is -0.144. The Labute approximate surface area is 106 Å². The van der Waals surface area contributed by atoms with Crippen molar-refractivity contribution in [3.05, 3.63) is 29.8 Å². The maximum Gasteiger partial charge on any atom is 0.328 e. The van der Waals surface area contributed by atoms with Gasteiger partial charge in [-0.2, -0.15) is 0 Å². The van der Waals surface area contributed by atoms with Crippen LogP contribution in [0.25, 0.3) is 0 Å². The summed E-state index contributed by atoms with van der Waals surface area (Å²) in [5, 5.41) is 2.57. The van der Waals surface area contributed by atoms with E-state index in [9.17, 15) is 9.59 Å². The Kier molecular flexibility index (Phi) is 5.17. The van der Waals surface area contributed by atoms with Gasteiger partial charge in [0.15, 0.2) is 0 Å². The fourth-order valence-corrected chi connectivity index (χ4v) is 1.49. The van der Waals surface area contributed by atoms with Gasteiger partial charge in [0.2, 0.25) is 5.91 Å². The summed E-state index contributed by atoms with van der Waals surface area (Å²) < 4.78 is 4.52. The molecule has 0 saturated heterocycles. The number of amides is 1. The summed E-state index contributed by atoms with van der Waals surface area (Å²) in [6.45, 7) is 1.59. The topological polar surface area (TPSA) is 81.4 Å². The first-order valence-corrected chi connectivity index (χ1v) is 5.74. The monoisotopic (exact) mass is 250 g/mol. The van der Waals surface area contributed by atoms with Gasteiger partial charge in [-0.15, -0.1) is 0 Å². The number of aryl methyl sites for hydroxylation is 1. The molecule has 1 aromatic carbocycles. The highest BCUT2D eigenvalue weighted by molar-refractivity contribution is 5.84. The average molecular weight is 250 g/mol. The molecule has 0 bridgehead atoms. The minimum Gasteiger partial charge on any atom is -0.467 e. The highest BCUT2D eigenvalue weighted by atomic mass is 16.5. The Morgan fingerprint density at radius 1 is 1.33 bits per heavy atom. The molecule has 1 atom stereocenters. The number of benzene rings is 1. The third kappa shape index (κ3) is 4.45. The largest absolute Gasteiger partial charge is 0.467 e. The molecule has 18 heavy (non-hydrogen) atoms. The summed E-state index contributed by atoms with van der Waals surface area (Å²) in [6, 6.07) is 6.74. The SMILES string of the molecule is COC(=O)C(C)NC(=O)CCc1ccc(N)cc1. The number of rotatable bonds is 5. The van der Waals surface area contributed by atoms with Crippen molar-refractivity contribution in [1.29, 1.82) is 0 Å². The highest BCUT2D eigenvalue weighted by Gasteiger charge is 2.15. The van der Waals surface area contributed by atoms with Crippen molar-refractivity contribution >= 4 is 17.6 Å². The van der Waals surface area contributed by atoms with Gasteiger partial charge in [0.05, 0.1) is 7.11 Å². The molecule has 98 valence electrons. The fourth-order valence-electron chi connectivity index (χ4n) is 1.49. The predicted molar refractivity (Wildman–Crippen MR) is 68.8 cm³/mol. The number of hydrogen-bond acceptors (Lipinski definition) is 4. The fraction of sp³-hybridized carbons (Fsp3) is 0.385. The van der Waals surface area contributed by atoms with Crippen LogP contribution in [0, 0.1) is 0 Å². The van der Waals surface area contributed by atoms with Crippen LogP contribution in [-0.4, -0.2) is 25.0 Å². The van der Waals surface area contributed by atoms with Crippen LogP contribution in [0.15, 0.2) is 24.3 Å². The van der Waals surface area contributed by atoms with E-state index < -0.39 is 12.0 Å². The second-order valence-corrected chi connectivity index (χ2v) is 4.05. The number of carbonyl (C=O) groups is 2. The molecule has 0 radical (unpaired) electrons. The van der Waals surface area contributed by atoms with Crippen molar-refractivity contribution in [3.63, 3.8) is 0 Å². The standard InChI is InChI=1S/C13H18N2O3/c1-9(13(17)18-2)15-12(16)8-5-10-3-6-11(14)7-4-10/h3-4,6-7,9H,5,8,14H2,1-2H3,(H,15,16). The molecule has 5 nitrogen and oxygen atoms in total. The van der Waals surface area contributed by atoms with Crippen LogP contribution in [0.3, 0.4) is 0 Å². The van der Waals surface area contributed by atoms with Crippen molar-refractivity contribution < 1.29 is 14.3 Å². The predicted octanol–water partition coefficient (Wildman–Crippen LogP) is 0.879. The first-order valence-electron chi connectivity index (χ1n) is 5.74. The van der Waals surface area contributed by atoms with Gasteiger partial charge in [-0.3, -0.25) is 4.79 Å². The lowest BCUT2D eigenvalue weighted by Gasteiger charge is -2.11. The van der Waals surface area contributed by atoms with Crippen LogP contribution < -0.4 is 11.1 Å². The number of anilines is 1. The summed E-state index contributed by atoms with van der Waals surface area (Å²) in [5.41, 5.74) is 7.30. The average Bonchev–Trinajstić information content (AvgIpc) is 2.37. The number of hydrogen-bond donors (Lipinski definition) is 2. The Bertz CT molecular complexity index is 415. The van der Waals surface area contributed by atoms with Crippen molar-refractivity contribution in [1.82, 2.24) is 5.32 Å². The summed E-state index contributed by atoms with van der Waals surface area (Å²) in [5.74, 6) is -0.624. The van der Waals surface area contributed by atoms with E-state index >= 15 is 0 Å². The number of carbonyl (C=O) groups excluding carboxylic acids is 2. The lowest BCUT2D eigenvalue weighted by Crippen LogP contribution is -2.39. The van der Waals surface area contributed by atoms with Gasteiger partial charge in [0, 0.05) is 12.1 Å². The molecule has 0 saturated carbocycles. The summed E-state index contributed by atoms with van der Waals surface area (Å²) in [6.07, 6.45) is 0.936. The second kappa shape index (κ2) is 6.64. The highest BCUT2D eigenvalue weighted by Crippen LogP contribution is 2.07. The molecule has 0 spiro atoms. The maximum absolute atomic E-state index is 11.6. The molecule has 1 unspecified atom stereocenters. The van der Waals surface area contributed by atoms with Crippen LogP contribution in [0.2, 0.25) is 0 Å². The Hall–Kier alpha value is -2.04. The number of nitrogen functional groups attached to an aromatic ring is 1. The molecule has 3 N–H and O–H groups in total. The first-order chi connectivity index (χ1) is 8.52. The minimum absolute atomic E-state index is 0.176. The zero-order valence-corrected chi connectivity index (χ0v) is 10.6. The number of nitrogens with one attached hydrogen (secondary N) is 1. The van der Waals surface area contributed by atoms with Gasteiger partial charge < -0.3 is 15.8 Å². The summed E-state index contributed by atoms with van der Waals surface area (Å²) >= 11 is 0. The van der Waals surface area contributed by atoms with E-state index in [2.05, 4.69) is 10.1 Å². The Morgan fingerprint density at radius 3 is 2.50 bits per heavy atom. The van der Waals surface area contributed by atoms with E-state index in [4.69, 9.17) is 5.73 Å². The summed E-state index contributed by atoms with van der Waals surface area (Å²) in [4.78, 5) is 22.7. The van der Waals surface area contributed by atoms with Crippen molar-refractivity contribution in [2.24, 2.45) is 0 Å². The molecule has 0 heterocycles. The molecule has 0 fully saturated rings. The molecule has 1 rings (SSSR count). The number of esters is 1. The van der Waals surface area contributed by atoms with E-state index in [1.165, 1.54) is 7.11 Å². The van der Waals surface area contributed by atoms with Crippen LogP contribution in [0.5, 0.6) is 0 Å². The quantitative estimate of drug-likeness (QED) is 0.600. The third-order valence-corrected chi connectivity index (χ3v) is 2.55. The molecule has 0 aliphatic carbocycles. The first kappa shape index (κ1) is 14.0. The van der Waals surface area contributed by atoms with Crippen molar-refractivity contribution in [3.8, 4) is 0 Å². The van der Waals surface area contributed by atoms with Gasteiger partial charge in [-0.25, -0.2) is 4.79 Å². The number of methoxy groups -OCH3 is 1. The van der Waals surface area contributed by atoms with Gasteiger partial charge in [-0.05, 0) is 31.0 Å². The number of nitrogens with two attached hydrogens (primary N) is 1. The molecule has 0 aliphatic heterocycles. The molecule has 0 aliphatic rings. The van der Waals surface area contributed by atoms with Crippen molar-refractivity contribution in [2.75, 3.05) is 12.8 Å². The van der Waals surface area contributed by atoms with Gasteiger partial charge in [-0.1, -0.05) is 12.1 Å². The minimum atomic E-state index is -0.617. The van der Waals surface area contributed by atoms with Gasteiger partial charge >= 0.3 is 5.97 Å². The van der Waals surface area contributed by atoms with Gasteiger partial charge in [0.25, 0.3) is 0 Å². The van der Waals surface area contributed by atoms with E-state index in [1.54, 1.807) is 19.1 Å². The van der Waals surface area contributed by atoms with Crippen molar-refractivity contribution in [2.45, 2.75) is 25.8 Å². The molecule has 1 amide bonds. The van der Waals surface area contributed by atoms with Crippen LogP contribution in [0.4, 0.5) is 5.69 Å². The van der Waals surface area contributed by atoms with E-state index in [-0.39, 0.29) is 5.91 Å². The lowest BCUT2D eigenvalue weighted by atomic mass is 10.1. The Morgan fingerprint density at radius 2 is 1.94 bits per heavy atom. The van der Waals surface area contributed by atoms with Crippen LogP contribution >= 0.6 is 0 Å². The summed E-state index contributed by atoms with van der Waals surface area (Å²) in [7, 11) is 1.29. The molecule has 5 heteroatoms. The third-order valence-electron chi connectivity index (χ3n) is 2.55. The molecular formula is C13H18N2O3. The van der Waals surface area contributed by atoms with Crippen LogP contribution in [-0.2, 0) is 20.7 Å². The normalized spacial score (nSPS) is 11.7. The Balaban J connectivity index is 2.37. The van der Waals surface area contributed by atoms with Gasteiger partial charge in [0.1, 0.15) is 6.04 Å². The maximum atomic E-state index is 11.6. The molecule has 1 aromatic rings. The molecular weight excluding hydrogens is 232 g/mol.